The zero-order chi connectivity index (χ0) is 12.7. The van der Waals surface area contributed by atoms with Gasteiger partial charge in [-0.25, -0.2) is 0 Å². The van der Waals surface area contributed by atoms with Crippen LogP contribution in [0, 0.1) is 17.8 Å². The van der Waals surface area contributed by atoms with Gasteiger partial charge in [-0.05, 0) is 36.2 Å². The Balaban J connectivity index is 1.75. The van der Waals surface area contributed by atoms with Crippen LogP contribution < -0.4 is 0 Å². The van der Waals surface area contributed by atoms with Gasteiger partial charge in [-0.2, -0.15) is 0 Å². The molecule has 2 fully saturated rings. The fourth-order valence-corrected chi connectivity index (χ4v) is 3.16. The SMILES string of the molecule is O=C(O)[C@H]1CN(C(=O)c2cnns2)C[C@@H]1C1CC1. The van der Waals surface area contributed by atoms with Crippen LogP contribution in [0.1, 0.15) is 22.5 Å². The predicted molar refractivity (Wildman–Crippen MR) is 63.2 cm³/mol. The summed E-state index contributed by atoms with van der Waals surface area (Å²) in [5, 5.41) is 12.9. The van der Waals surface area contributed by atoms with Crippen molar-refractivity contribution < 1.29 is 14.7 Å². The number of carboxylic acid groups (broad SMARTS) is 1. The van der Waals surface area contributed by atoms with E-state index in [0.29, 0.717) is 23.9 Å². The zero-order valence-electron chi connectivity index (χ0n) is 9.65. The van der Waals surface area contributed by atoms with E-state index in [2.05, 4.69) is 9.59 Å². The minimum atomic E-state index is -0.787. The lowest BCUT2D eigenvalue weighted by molar-refractivity contribution is -0.142. The molecule has 1 aliphatic carbocycles. The average molecular weight is 267 g/mol. The van der Waals surface area contributed by atoms with Gasteiger partial charge in [0.05, 0.1) is 12.1 Å². The van der Waals surface area contributed by atoms with E-state index in [0.717, 1.165) is 24.4 Å². The third-order valence-corrected chi connectivity index (χ3v) is 4.42. The van der Waals surface area contributed by atoms with Gasteiger partial charge in [0, 0.05) is 13.1 Å². The smallest absolute Gasteiger partial charge is 0.308 e. The number of amides is 1. The second-order valence-electron chi connectivity index (χ2n) is 4.94. The van der Waals surface area contributed by atoms with Crippen molar-refractivity contribution in [2.45, 2.75) is 12.8 Å². The van der Waals surface area contributed by atoms with Gasteiger partial charge in [-0.3, -0.25) is 9.59 Å². The highest BCUT2D eigenvalue weighted by molar-refractivity contribution is 7.07. The minimum absolute atomic E-state index is 0.118. The highest BCUT2D eigenvalue weighted by atomic mass is 32.1. The largest absolute Gasteiger partial charge is 0.481 e. The third kappa shape index (κ3) is 1.98. The lowest BCUT2D eigenvalue weighted by Gasteiger charge is -2.14. The molecule has 7 heteroatoms. The van der Waals surface area contributed by atoms with Crippen LogP contribution in [0.5, 0.6) is 0 Å². The summed E-state index contributed by atoms with van der Waals surface area (Å²) in [4.78, 5) is 25.5. The standard InChI is InChI=1S/C11H13N3O3S/c15-10(9-3-12-13-18-9)14-4-7(6-1-2-6)8(5-14)11(16)17/h3,6-8H,1-2,4-5H2,(H,16,17)/t7-,8+/m1/s1. The molecule has 2 aliphatic rings. The highest BCUT2D eigenvalue weighted by Crippen LogP contribution is 2.44. The molecule has 1 amide bonds. The van der Waals surface area contributed by atoms with E-state index in [9.17, 15) is 14.7 Å². The normalized spacial score (nSPS) is 27.4. The number of rotatable bonds is 3. The highest BCUT2D eigenvalue weighted by Gasteiger charge is 2.47. The molecule has 6 nitrogen and oxygen atoms in total. The van der Waals surface area contributed by atoms with Crippen LogP contribution in [0.3, 0.4) is 0 Å². The summed E-state index contributed by atoms with van der Waals surface area (Å²) in [5.41, 5.74) is 0. The first kappa shape index (κ1) is 11.6. The first-order valence-electron chi connectivity index (χ1n) is 5.96. The summed E-state index contributed by atoms with van der Waals surface area (Å²) in [7, 11) is 0. The van der Waals surface area contributed by atoms with E-state index in [1.54, 1.807) is 4.90 Å². The Kier molecular flexibility index (Phi) is 2.77. The maximum Gasteiger partial charge on any atom is 0.308 e. The molecule has 0 bridgehead atoms. The van der Waals surface area contributed by atoms with Crippen molar-refractivity contribution in [3.8, 4) is 0 Å². The number of likely N-dealkylation sites (tertiary alicyclic amines) is 1. The average Bonchev–Trinajstić information content (AvgIpc) is 2.91. The Morgan fingerprint density at radius 3 is 2.72 bits per heavy atom. The molecule has 0 radical (unpaired) electrons. The van der Waals surface area contributed by atoms with Crippen molar-refractivity contribution in [1.29, 1.82) is 0 Å². The Labute approximate surface area is 108 Å². The first-order valence-corrected chi connectivity index (χ1v) is 6.73. The minimum Gasteiger partial charge on any atom is -0.481 e. The predicted octanol–water partition coefficient (Wildman–Crippen LogP) is 0.721. The second-order valence-corrected chi connectivity index (χ2v) is 5.72. The zero-order valence-corrected chi connectivity index (χ0v) is 10.5. The Bertz CT molecular complexity index is 472. The quantitative estimate of drug-likeness (QED) is 0.872. The number of hydrogen-bond donors (Lipinski definition) is 1. The Morgan fingerprint density at radius 1 is 1.39 bits per heavy atom. The van der Waals surface area contributed by atoms with Gasteiger partial charge in [0.15, 0.2) is 0 Å². The lowest BCUT2D eigenvalue weighted by Crippen LogP contribution is -2.29. The number of nitrogens with zero attached hydrogens (tertiary/aromatic N) is 3. The molecule has 1 aromatic heterocycles. The van der Waals surface area contributed by atoms with Gasteiger partial charge < -0.3 is 10.0 Å². The third-order valence-electron chi connectivity index (χ3n) is 3.77. The fraction of sp³-hybridized carbons (Fsp3) is 0.636. The van der Waals surface area contributed by atoms with Crippen molar-refractivity contribution in [2.24, 2.45) is 17.8 Å². The van der Waals surface area contributed by atoms with E-state index in [-0.39, 0.29) is 11.8 Å². The van der Waals surface area contributed by atoms with Crippen LogP contribution in [0.4, 0.5) is 0 Å². The van der Waals surface area contributed by atoms with E-state index < -0.39 is 11.9 Å². The number of hydrogen-bond acceptors (Lipinski definition) is 5. The van der Waals surface area contributed by atoms with Gasteiger partial charge in [0.1, 0.15) is 4.88 Å². The molecule has 0 spiro atoms. The summed E-state index contributed by atoms with van der Waals surface area (Å²) < 4.78 is 3.66. The summed E-state index contributed by atoms with van der Waals surface area (Å²) in [5.74, 6) is -0.734. The molecule has 18 heavy (non-hydrogen) atoms. The molecule has 1 saturated carbocycles. The molecule has 1 N–H and O–H groups in total. The maximum absolute atomic E-state index is 12.1. The molecule has 2 atom stereocenters. The van der Waals surface area contributed by atoms with E-state index in [1.807, 2.05) is 0 Å². The summed E-state index contributed by atoms with van der Waals surface area (Å²) in [6.07, 6.45) is 3.63. The molecule has 96 valence electrons. The fourth-order valence-electron chi connectivity index (χ4n) is 2.68. The maximum atomic E-state index is 12.1. The van der Waals surface area contributed by atoms with Crippen LogP contribution in [-0.4, -0.2) is 44.6 Å². The molecular weight excluding hydrogens is 254 g/mol. The van der Waals surface area contributed by atoms with Gasteiger partial charge in [-0.1, -0.05) is 4.49 Å². The Morgan fingerprint density at radius 2 is 2.17 bits per heavy atom. The van der Waals surface area contributed by atoms with Crippen LogP contribution in [0.15, 0.2) is 6.20 Å². The number of aliphatic carboxylic acids is 1. The lowest BCUT2D eigenvalue weighted by atomic mass is 9.92. The molecule has 0 aromatic carbocycles. The van der Waals surface area contributed by atoms with Crippen LogP contribution in [0.2, 0.25) is 0 Å². The van der Waals surface area contributed by atoms with Crippen molar-refractivity contribution in [3.63, 3.8) is 0 Å². The molecule has 1 aromatic rings. The Hall–Kier alpha value is -1.50. The molecule has 2 heterocycles. The van der Waals surface area contributed by atoms with Crippen molar-refractivity contribution in [1.82, 2.24) is 14.5 Å². The summed E-state index contributed by atoms with van der Waals surface area (Å²) in [6, 6.07) is 0. The molecule has 1 saturated heterocycles. The van der Waals surface area contributed by atoms with E-state index >= 15 is 0 Å². The van der Waals surface area contributed by atoms with Crippen molar-refractivity contribution in [3.05, 3.63) is 11.1 Å². The number of carboxylic acids is 1. The summed E-state index contributed by atoms with van der Waals surface area (Å²) >= 11 is 1.05. The molecule has 0 unspecified atom stereocenters. The molecular formula is C11H13N3O3S. The van der Waals surface area contributed by atoms with Gasteiger partial charge in [0.25, 0.3) is 5.91 Å². The monoisotopic (exact) mass is 267 g/mol. The summed E-state index contributed by atoms with van der Waals surface area (Å²) in [6.45, 7) is 0.867. The topological polar surface area (TPSA) is 83.4 Å². The van der Waals surface area contributed by atoms with E-state index in [4.69, 9.17) is 0 Å². The first-order chi connectivity index (χ1) is 8.66. The number of carbonyl (C=O) groups excluding carboxylic acids is 1. The molecule has 1 aliphatic heterocycles. The van der Waals surface area contributed by atoms with Crippen molar-refractivity contribution in [2.75, 3.05) is 13.1 Å². The van der Waals surface area contributed by atoms with Crippen LogP contribution in [0.25, 0.3) is 0 Å². The van der Waals surface area contributed by atoms with Crippen LogP contribution in [-0.2, 0) is 4.79 Å². The number of carbonyl (C=O) groups is 2. The van der Waals surface area contributed by atoms with Crippen molar-refractivity contribution >= 4 is 23.4 Å². The van der Waals surface area contributed by atoms with E-state index in [1.165, 1.54) is 6.20 Å². The second kappa shape index (κ2) is 4.31. The van der Waals surface area contributed by atoms with Crippen LogP contribution >= 0.6 is 11.5 Å². The molecule has 3 rings (SSSR count). The van der Waals surface area contributed by atoms with Gasteiger partial charge in [0.2, 0.25) is 0 Å². The van der Waals surface area contributed by atoms with Gasteiger partial charge >= 0.3 is 5.97 Å². The van der Waals surface area contributed by atoms with Gasteiger partial charge in [-0.15, -0.1) is 5.10 Å². The number of aromatic nitrogens is 2.